The van der Waals surface area contributed by atoms with E-state index in [0.29, 0.717) is 11.9 Å². The Morgan fingerprint density at radius 1 is 1.50 bits per heavy atom. The van der Waals surface area contributed by atoms with Crippen LogP contribution in [0.15, 0.2) is 18.3 Å². The zero-order valence-electron chi connectivity index (χ0n) is 9.52. The number of hydrogen-bond donors (Lipinski definition) is 2. The van der Waals surface area contributed by atoms with E-state index < -0.39 is 0 Å². The lowest BCUT2D eigenvalue weighted by Crippen LogP contribution is -2.36. The van der Waals surface area contributed by atoms with Crippen molar-refractivity contribution < 1.29 is 4.74 Å². The maximum atomic E-state index is 5.36. The molecule has 0 radical (unpaired) electrons. The van der Waals surface area contributed by atoms with E-state index in [1.54, 1.807) is 6.20 Å². The van der Waals surface area contributed by atoms with Gasteiger partial charge in [0, 0.05) is 44.3 Å². The van der Waals surface area contributed by atoms with E-state index in [-0.39, 0.29) is 0 Å². The van der Waals surface area contributed by atoms with Crippen LogP contribution in [0.3, 0.4) is 0 Å². The van der Waals surface area contributed by atoms with Crippen molar-refractivity contribution in [2.45, 2.75) is 18.9 Å². The summed E-state index contributed by atoms with van der Waals surface area (Å²) in [4.78, 5) is 6.37. The first-order valence-electron chi connectivity index (χ1n) is 5.54. The van der Waals surface area contributed by atoms with Crippen LogP contribution in [-0.2, 0) is 4.74 Å². The molecule has 16 heavy (non-hydrogen) atoms. The summed E-state index contributed by atoms with van der Waals surface area (Å²) in [6.07, 6.45) is 3.91. The smallest absolute Gasteiger partial charge is 0.141 e. The molecule has 2 rings (SSSR count). The quantitative estimate of drug-likeness (QED) is 0.589. The third-order valence-electron chi connectivity index (χ3n) is 3.04. The van der Waals surface area contributed by atoms with Crippen molar-refractivity contribution >= 4 is 11.5 Å². The van der Waals surface area contributed by atoms with Crippen LogP contribution in [0.1, 0.15) is 12.8 Å². The van der Waals surface area contributed by atoms with Gasteiger partial charge in [0.15, 0.2) is 0 Å². The van der Waals surface area contributed by atoms with Gasteiger partial charge in [0.25, 0.3) is 0 Å². The zero-order chi connectivity index (χ0) is 11.4. The SMILES string of the molecule is CN(c1ccnc(NN)c1)C1CCOCC1. The van der Waals surface area contributed by atoms with Gasteiger partial charge in [0.2, 0.25) is 0 Å². The monoisotopic (exact) mass is 222 g/mol. The van der Waals surface area contributed by atoms with Crippen LogP contribution in [0.2, 0.25) is 0 Å². The van der Waals surface area contributed by atoms with E-state index in [4.69, 9.17) is 10.6 Å². The summed E-state index contributed by atoms with van der Waals surface area (Å²) in [7, 11) is 2.10. The van der Waals surface area contributed by atoms with Gasteiger partial charge in [-0.25, -0.2) is 10.8 Å². The van der Waals surface area contributed by atoms with Crippen molar-refractivity contribution in [3.8, 4) is 0 Å². The van der Waals surface area contributed by atoms with Crippen molar-refractivity contribution in [3.05, 3.63) is 18.3 Å². The highest BCUT2D eigenvalue weighted by Crippen LogP contribution is 2.22. The molecule has 0 aromatic carbocycles. The molecule has 0 amide bonds. The molecule has 1 fully saturated rings. The number of hydrogen-bond acceptors (Lipinski definition) is 5. The van der Waals surface area contributed by atoms with Gasteiger partial charge in [-0.3, -0.25) is 0 Å². The molecule has 0 atom stereocenters. The molecular formula is C11H18N4O. The van der Waals surface area contributed by atoms with Crippen LogP contribution >= 0.6 is 0 Å². The van der Waals surface area contributed by atoms with Crippen LogP contribution < -0.4 is 16.2 Å². The minimum absolute atomic E-state index is 0.543. The zero-order valence-corrected chi connectivity index (χ0v) is 9.52. The molecule has 5 heteroatoms. The second-order valence-corrected chi connectivity index (χ2v) is 4.00. The van der Waals surface area contributed by atoms with E-state index in [2.05, 4.69) is 22.4 Å². The Balaban J connectivity index is 2.09. The van der Waals surface area contributed by atoms with Crippen molar-refractivity contribution in [2.75, 3.05) is 30.6 Å². The van der Waals surface area contributed by atoms with Crippen LogP contribution in [0, 0.1) is 0 Å². The fourth-order valence-electron chi connectivity index (χ4n) is 2.00. The standard InChI is InChI=1S/C11H18N4O/c1-15(9-3-6-16-7-4-9)10-2-5-13-11(8-10)14-12/h2,5,8-9H,3-4,6-7,12H2,1H3,(H,13,14). The molecule has 0 bridgehead atoms. The Kier molecular flexibility index (Phi) is 3.58. The highest BCUT2D eigenvalue weighted by Gasteiger charge is 2.18. The number of nitrogens with two attached hydrogens (primary N) is 1. The number of nitrogen functional groups attached to an aromatic ring is 1. The number of nitrogens with one attached hydrogen (secondary N) is 1. The summed E-state index contributed by atoms with van der Waals surface area (Å²) in [6.45, 7) is 1.70. The van der Waals surface area contributed by atoms with E-state index in [9.17, 15) is 0 Å². The molecule has 3 N–H and O–H groups in total. The molecule has 1 aliphatic rings. The van der Waals surface area contributed by atoms with E-state index in [1.807, 2.05) is 12.1 Å². The van der Waals surface area contributed by atoms with Crippen molar-refractivity contribution in [1.29, 1.82) is 0 Å². The summed E-state index contributed by atoms with van der Waals surface area (Å²) in [5, 5.41) is 0. The van der Waals surface area contributed by atoms with Crippen molar-refractivity contribution in [1.82, 2.24) is 4.98 Å². The normalized spacial score (nSPS) is 17.1. The maximum absolute atomic E-state index is 5.36. The van der Waals surface area contributed by atoms with E-state index >= 15 is 0 Å². The Morgan fingerprint density at radius 2 is 2.25 bits per heavy atom. The number of aromatic nitrogens is 1. The number of ether oxygens (including phenoxy) is 1. The molecule has 0 spiro atoms. The highest BCUT2D eigenvalue weighted by molar-refractivity contribution is 5.53. The Hall–Kier alpha value is -1.33. The predicted octanol–water partition coefficient (Wildman–Crippen LogP) is 0.982. The number of pyridine rings is 1. The maximum Gasteiger partial charge on any atom is 0.141 e. The molecule has 1 aromatic rings. The Morgan fingerprint density at radius 3 is 2.94 bits per heavy atom. The van der Waals surface area contributed by atoms with Gasteiger partial charge in [-0.05, 0) is 18.9 Å². The fraction of sp³-hybridized carbons (Fsp3) is 0.545. The average Bonchev–Trinajstić information content (AvgIpc) is 2.39. The minimum atomic E-state index is 0.543. The van der Waals surface area contributed by atoms with E-state index in [1.165, 1.54) is 0 Å². The number of nitrogens with zero attached hydrogens (tertiary/aromatic N) is 2. The molecular weight excluding hydrogens is 204 g/mol. The third kappa shape index (κ3) is 2.43. The molecule has 0 saturated carbocycles. The summed E-state index contributed by atoms with van der Waals surface area (Å²) in [6, 6.07) is 4.49. The number of hydrazine groups is 1. The molecule has 2 heterocycles. The van der Waals surface area contributed by atoms with E-state index in [0.717, 1.165) is 31.7 Å². The predicted molar refractivity (Wildman–Crippen MR) is 64.3 cm³/mol. The molecule has 1 saturated heterocycles. The summed E-state index contributed by atoms with van der Waals surface area (Å²) < 4.78 is 5.36. The largest absolute Gasteiger partial charge is 0.381 e. The first-order valence-corrected chi connectivity index (χ1v) is 5.54. The molecule has 1 aliphatic heterocycles. The fourth-order valence-corrected chi connectivity index (χ4v) is 2.00. The van der Waals surface area contributed by atoms with Gasteiger partial charge in [0.05, 0.1) is 0 Å². The molecule has 0 aliphatic carbocycles. The lowest BCUT2D eigenvalue weighted by atomic mass is 10.1. The summed E-state index contributed by atoms with van der Waals surface area (Å²) >= 11 is 0. The second-order valence-electron chi connectivity index (χ2n) is 4.00. The second kappa shape index (κ2) is 5.14. The van der Waals surface area contributed by atoms with Crippen LogP contribution in [0.25, 0.3) is 0 Å². The summed E-state index contributed by atoms with van der Waals surface area (Å²) in [5.74, 6) is 6.04. The van der Waals surface area contributed by atoms with Gasteiger partial charge in [0.1, 0.15) is 5.82 Å². The molecule has 0 unspecified atom stereocenters. The number of rotatable bonds is 3. The lowest BCUT2D eigenvalue weighted by Gasteiger charge is -2.32. The van der Waals surface area contributed by atoms with Gasteiger partial charge < -0.3 is 15.1 Å². The molecule has 5 nitrogen and oxygen atoms in total. The van der Waals surface area contributed by atoms with Crippen molar-refractivity contribution in [3.63, 3.8) is 0 Å². The molecule has 88 valence electrons. The summed E-state index contributed by atoms with van der Waals surface area (Å²) in [5.41, 5.74) is 3.70. The molecule has 1 aromatic heterocycles. The third-order valence-corrected chi connectivity index (χ3v) is 3.04. The Labute approximate surface area is 95.6 Å². The highest BCUT2D eigenvalue weighted by atomic mass is 16.5. The number of anilines is 2. The van der Waals surface area contributed by atoms with Gasteiger partial charge in [-0.1, -0.05) is 0 Å². The first kappa shape index (κ1) is 11.2. The average molecular weight is 222 g/mol. The first-order chi connectivity index (χ1) is 7.81. The minimum Gasteiger partial charge on any atom is -0.381 e. The van der Waals surface area contributed by atoms with Gasteiger partial charge in [-0.15, -0.1) is 0 Å². The van der Waals surface area contributed by atoms with Crippen LogP contribution in [-0.4, -0.2) is 31.3 Å². The van der Waals surface area contributed by atoms with Crippen molar-refractivity contribution in [2.24, 2.45) is 5.84 Å². The van der Waals surface area contributed by atoms with Crippen LogP contribution in [0.5, 0.6) is 0 Å². The Bertz CT molecular complexity index is 339. The van der Waals surface area contributed by atoms with Gasteiger partial charge >= 0.3 is 0 Å². The topological polar surface area (TPSA) is 63.4 Å². The lowest BCUT2D eigenvalue weighted by molar-refractivity contribution is 0.0855. The van der Waals surface area contributed by atoms with Gasteiger partial charge in [-0.2, -0.15) is 0 Å². The van der Waals surface area contributed by atoms with Crippen LogP contribution in [0.4, 0.5) is 11.5 Å².